The van der Waals surface area contributed by atoms with Gasteiger partial charge in [-0.25, -0.2) is 4.98 Å². The Balaban J connectivity index is 2.06. The highest BCUT2D eigenvalue weighted by Crippen LogP contribution is 2.28. The van der Waals surface area contributed by atoms with Crippen LogP contribution in [0.25, 0.3) is 16.3 Å². The molecule has 0 radical (unpaired) electrons. The number of nitrogens with two attached hydrogens (primary N) is 1. The molecular formula is C13H10FN3S. The van der Waals surface area contributed by atoms with Gasteiger partial charge in [-0.15, -0.1) is 11.3 Å². The smallest absolute Gasteiger partial charge is 0.205 e. The maximum Gasteiger partial charge on any atom is 0.205 e. The van der Waals surface area contributed by atoms with Gasteiger partial charge in [0.1, 0.15) is 5.69 Å². The van der Waals surface area contributed by atoms with Gasteiger partial charge in [0.25, 0.3) is 0 Å². The molecule has 0 saturated carbocycles. The highest BCUT2D eigenvalue weighted by Gasteiger charge is 2.10. The molecule has 0 amide bonds. The molecule has 1 aromatic carbocycles. The van der Waals surface area contributed by atoms with Crippen LogP contribution in [0.4, 0.5) is 10.3 Å². The number of halogens is 1. The molecule has 0 atom stereocenters. The second-order valence-corrected chi connectivity index (χ2v) is 4.83. The predicted molar refractivity (Wildman–Crippen MR) is 71.2 cm³/mol. The largest absolute Gasteiger partial charge is 0.369 e. The van der Waals surface area contributed by atoms with E-state index in [1.165, 1.54) is 6.07 Å². The number of benzene rings is 1. The number of aromatic nitrogens is 2. The third kappa shape index (κ3) is 1.89. The summed E-state index contributed by atoms with van der Waals surface area (Å²) in [7, 11) is 0. The Morgan fingerprint density at radius 2 is 1.89 bits per heavy atom. The second kappa shape index (κ2) is 4.27. The van der Waals surface area contributed by atoms with Gasteiger partial charge in [0.15, 0.2) is 5.13 Å². The van der Waals surface area contributed by atoms with Crippen LogP contribution in [-0.4, -0.2) is 9.55 Å². The Morgan fingerprint density at radius 1 is 1.11 bits per heavy atom. The summed E-state index contributed by atoms with van der Waals surface area (Å²) < 4.78 is 14.8. The van der Waals surface area contributed by atoms with Gasteiger partial charge in [-0.05, 0) is 24.3 Å². The number of para-hydroxylation sites is 1. The first-order valence-corrected chi connectivity index (χ1v) is 6.22. The van der Waals surface area contributed by atoms with Gasteiger partial charge in [-0.3, -0.25) is 4.57 Å². The molecule has 3 rings (SSSR count). The summed E-state index contributed by atoms with van der Waals surface area (Å²) in [4.78, 5) is 5.03. The Labute approximate surface area is 107 Å². The first kappa shape index (κ1) is 11.0. The summed E-state index contributed by atoms with van der Waals surface area (Å²) in [5, 5.41) is -0.224. The lowest BCUT2D eigenvalue weighted by Crippen LogP contribution is -1.98. The van der Waals surface area contributed by atoms with E-state index in [0.717, 1.165) is 21.9 Å². The highest BCUT2D eigenvalue weighted by molar-refractivity contribution is 7.13. The lowest BCUT2D eigenvalue weighted by atomic mass is 10.3. The first-order valence-electron chi connectivity index (χ1n) is 5.40. The fraction of sp³-hybridized carbons (Fsp3) is 0. The van der Waals surface area contributed by atoms with Crippen molar-refractivity contribution in [1.29, 1.82) is 0 Å². The van der Waals surface area contributed by atoms with Gasteiger partial charge in [0, 0.05) is 11.9 Å². The summed E-state index contributed by atoms with van der Waals surface area (Å²) >= 11 is 1.06. The number of rotatable bonds is 2. The van der Waals surface area contributed by atoms with Crippen LogP contribution in [0.3, 0.4) is 0 Å². The van der Waals surface area contributed by atoms with Gasteiger partial charge in [0.2, 0.25) is 5.95 Å². The molecule has 18 heavy (non-hydrogen) atoms. The standard InChI is InChI=1S/C13H10FN3S/c14-12-7-6-11(18-12)10-8-17(13(15)16-10)9-4-2-1-3-5-9/h1-8H,(H2,15,16). The molecule has 3 aromatic rings. The van der Waals surface area contributed by atoms with Crippen molar-refractivity contribution in [1.82, 2.24) is 9.55 Å². The minimum atomic E-state index is -0.224. The number of imidazole rings is 1. The summed E-state index contributed by atoms with van der Waals surface area (Å²) in [6, 6.07) is 12.8. The molecule has 0 spiro atoms. The Kier molecular flexibility index (Phi) is 2.60. The number of hydrogen-bond donors (Lipinski definition) is 1. The minimum absolute atomic E-state index is 0.224. The van der Waals surface area contributed by atoms with Crippen molar-refractivity contribution in [2.45, 2.75) is 0 Å². The van der Waals surface area contributed by atoms with Crippen LogP contribution in [-0.2, 0) is 0 Å². The van der Waals surface area contributed by atoms with E-state index in [9.17, 15) is 4.39 Å². The summed E-state index contributed by atoms with van der Waals surface area (Å²) in [5.41, 5.74) is 7.50. The van der Waals surface area contributed by atoms with Crippen LogP contribution < -0.4 is 5.73 Å². The molecular weight excluding hydrogens is 249 g/mol. The van der Waals surface area contributed by atoms with Gasteiger partial charge < -0.3 is 5.73 Å². The summed E-state index contributed by atoms with van der Waals surface area (Å²) in [6.07, 6.45) is 1.82. The summed E-state index contributed by atoms with van der Waals surface area (Å²) in [5.74, 6) is 0.394. The van der Waals surface area contributed by atoms with Crippen molar-refractivity contribution < 1.29 is 4.39 Å². The molecule has 0 fully saturated rings. The van der Waals surface area contributed by atoms with Gasteiger partial charge in [-0.2, -0.15) is 4.39 Å². The normalized spacial score (nSPS) is 10.7. The number of thiophene rings is 1. The van der Waals surface area contributed by atoms with Crippen molar-refractivity contribution in [3.63, 3.8) is 0 Å². The van der Waals surface area contributed by atoms with Crippen molar-refractivity contribution in [3.05, 3.63) is 53.8 Å². The Hall–Kier alpha value is -2.14. The quantitative estimate of drug-likeness (QED) is 0.767. The first-order chi connectivity index (χ1) is 8.74. The number of nitrogen functional groups attached to an aromatic ring is 1. The van der Waals surface area contributed by atoms with Gasteiger partial charge >= 0.3 is 0 Å². The van der Waals surface area contributed by atoms with Crippen LogP contribution in [0.15, 0.2) is 48.7 Å². The van der Waals surface area contributed by atoms with Crippen LogP contribution >= 0.6 is 11.3 Å². The minimum Gasteiger partial charge on any atom is -0.369 e. The fourth-order valence-corrected chi connectivity index (χ4v) is 2.45. The van der Waals surface area contributed by atoms with E-state index < -0.39 is 0 Å². The number of hydrogen-bond acceptors (Lipinski definition) is 3. The zero-order valence-corrected chi connectivity index (χ0v) is 10.2. The summed E-state index contributed by atoms with van der Waals surface area (Å²) in [6.45, 7) is 0. The Bertz CT molecular complexity index is 673. The second-order valence-electron chi connectivity index (χ2n) is 3.79. The van der Waals surface area contributed by atoms with Crippen molar-refractivity contribution in [2.24, 2.45) is 0 Å². The van der Waals surface area contributed by atoms with Crippen LogP contribution in [0.1, 0.15) is 0 Å². The molecule has 0 aliphatic heterocycles. The predicted octanol–water partition coefficient (Wildman–Crippen LogP) is 3.32. The lowest BCUT2D eigenvalue weighted by Gasteiger charge is -2.02. The van der Waals surface area contributed by atoms with E-state index in [4.69, 9.17) is 5.73 Å². The van der Waals surface area contributed by atoms with E-state index in [0.29, 0.717) is 11.6 Å². The molecule has 5 heteroatoms. The van der Waals surface area contributed by atoms with Crippen molar-refractivity contribution >= 4 is 17.3 Å². The molecule has 90 valence electrons. The van der Waals surface area contributed by atoms with Gasteiger partial charge in [0.05, 0.1) is 4.88 Å². The van der Waals surface area contributed by atoms with Crippen LogP contribution in [0, 0.1) is 5.13 Å². The van der Waals surface area contributed by atoms with Gasteiger partial charge in [-0.1, -0.05) is 18.2 Å². The number of anilines is 1. The Morgan fingerprint density at radius 3 is 2.56 bits per heavy atom. The molecule has 0 unspecified atom stereocenters. The van der Waals surface area contributed by atoms with E-state index in [1.54, 1.807) is 10.6 Å². The average molecular weight is 259 g/mol. The lowest BCUT2D eigenvalue weighted by molar-refractivity contribution is 0.657. The van der Waals surface area contributed by atoms with Crippen LogP contribution in [0.2, 0.25) is 0 Å². The zero-order chi connectivity index (χ0) is 12.5. The molecule has 0 aliphatic carbocycles. The molecule has 2 aromatic heterocycles. The molecule has 0 saturated heterocycles. The van der Waals surface area contributed by atoms with E-state index in [-0.39, 0.29) is 5.13 Å². The SMILES string of the molecule is Nc1nc(-c2ccc(F)s2)cn1-c1ccccc1. The number of nitrogens with zero attached hydrogens (tertiary/aromatic N) is 2. The third-order valence-electron chi connectivity index (χ3n) is 2.59. The maximum absolute atomic E-state index is 13.0. The van der Waals surface area contributed by atoms with E-state index >= 15 is 0 Å². The third-order valence-corrected chi connectivity index (χ3v) is 3.49. The molecule has 0 aliphatic rings. The zero-order valence-electron chi connectivity index (χ0n) is 9.38. The molecule has 3 nitrogen and oxygen atoms in total. The fourth-order valence-electron chi connectivity index (χ4n) is 1.76. The highest BCUT2D eigenvalue weighted by atomic mass is 32.1. The van der Waals surface area contributed by atoms with E-state index in [2.05, 4.69) is 4.98 Å². The van der Waals surface area contributed by atoms with E-state index in [1.807, 2.05) is 36.5 Å². The molecule has 0 bridgehead atoms. The van der Waals surface area contributed by atoms with Crippen LogP contribution in [0.5, 0.6) is 0 Å². The van der Waals surface area contributed by atoms with Crippen molar-refractivity contribution in [2.75, 3.05) is 5.73 Å². The topological polar surface area (TPSA) is 43.8 Å². The average Bonchev–Trinajstić information content (AvgIpc) is 2.97. The van der Waals surface area contributed by atoms with Crippen molar-refractivity contribution in [3.8, 4) is 16.3 Å². The monoisotopic (exact) mass is 259 g/mol. The maximum atomic E-state index is 13.0. The molecule has 2 N–H and O–H groups in total. The molecule has 2 heterocycles.